The van der Waals surface area contributed by atoms with Gasteiger partial charge in [0.1, 0.15) is 5.75 Å². The maximum atomic E-state index is 12.7. The lowest BCUT2D eigenvalue weighted by Gasteiger charge is -2.32. The Balaban J connectivity index is 1.86. The van der Waals surface area contributed by atoms with Crippen LogP contribution in [0.2, 0.25) is 0 Å². The topological polar surface area (TPSA) is 138 Å². The third-order valence-electron chi connectivity index (χ3n) is 6.81. The molecular weight excluding hydrogens is 540 g/mol. The summed E-state index contributed by atoms with van der Waals surface area (Å²) in [5.74, 6) is 0.179. The molecule has 0 fully saturated rings. The molecule has 2 unspecified atom stereocenters. The van der Waals surface area contributed by atoms with Gasteiger partial charge in [-0.15, -0.1) is 0 Å². The molecule has 3 aromatic rings. The first-order chi connectivity index (χ1) is 20.1. The van der Waals surface area contributed by atoms with Crippen molar-refractivity contribution < 1.29 is 33.7 Å². The van der Waals surface area contributed by atoms with Crippen molar-refractivity contribution in [2.24, 2.45) is 0 Å². The van der Waals surface area contributed by atoms with Crippen molar-refractivity contribution in [1.29, 1.82) is 0 Å². The third kappa shape index (κ3) is 8.37. The number of nitrogens with zero attached hydrogens (tertiary/aromatic N) is 1. The second-order valence-corrected chi connectivity index (χ2v) is 9.77. The van der Waals surface area contributed by atoms with Crippen LogP contribution in [0.3, 0.4) is 0 Å². The zero-order valence-electron chi connectivity index (χ0n) is 24.7. The van der Waals surface area contributed by atoms with Crippen LogP contribution in [-0.4, -0.2) is 62.8 Å². The minimum absolute atomic E-state index is 0.180. The number of carbonyl (C=O) groups is 3. The number of nitrogens with one attached hydrogen (secondary N) is 3. The highest BCUT2D eigenvalue weighted by Crippen LogP contribution is 2.35. The van der Waals surface area contributed by atoms with Crippen LogP contribution >= 0.6 is 0 Å². The third-order valence-corrected chi connectivity index (χ3v) is 6.81. The first-order valence-corrected chi connectivity index (χ1v) is 13.3. The summed E-state index contributed by atoms with van der Waals surface area (Å²) in [6.07, 6.45) is -0.180. The number of hydrogen-bond donors (Lipinski definition) is 4. The average molecular weight is 579 g/mol. The van der Waals surface area contributed by atoms with E-state index in [1.54, 1.807) is 43.4 Å². The van der Waals surface area contributed by atoms with E-state index in [0.717, 1.165) is 11.1 Å². The molecule has 3 aromatic carbocycles. The van der Waals surface area contributed by atoms with Crippen LogP contribution in [0.15, 0.2) is 60.7 Å². The Morgan fingerprint density at radius 1 is 0.833 bits per heavy atom. The fourth-order valence-electron chi connectivity index (χ4n) is 4.67. The number of aliphatic carboxylic acids is 1. The zero-order valence-corrected chi connectivity index (χ0v) is 24.7. The van der Waals surface area contributed by atoms with Crippen molar-refractivity contribution in [3.05, 3.63) is 77.4 Å². The van der Waals surface area contributed by atoms with E-state index in [-0.39, 0.29) is 18.9 Å². The van der Waals surface area contributed by atoms with E-state index in [2.05, 4.69) is 16.0 Å². The fourth-order valence-corrected chi connectivity index (χ4v) is 4.67. The highest BCUT2D eigenvalue weighted by molar-refractivity contribution is 6.01. The van der Waals surface area contributed by atoms with E-state index in [0.29, 0.717) is 34.2 Å². The van der Waals surface area contributed by atoms with E-state index in [1.807, 2.05) is 36.1 Å². The average Bonchev–Trinajstić information content (AvgIpc) is 2.96. The number of aryl methyl sites for hydroxylation is 1. The molecule has 11 heteroatoms. The highest BCUT2D eigenvalue weighted by atomic mass is 16.5. The molecule has 0 bridgehead atoms. The van der Waals surface area contributed by atoms with Gasteiger partial charge in [-0.05, 0) is 61.0 Å². The highest BCUT2D eigenvalue weighted by Gasteiger charge is 2.26. The van der Waals surface area contributed by atoms with Gasteiger partial charge < -0.3 is 35.3 Å². The first kappa shape index (κ1) is 31.8. The van der Waals surface area contributed by atoms with Crippen LogP contribution < -0.4 is 30.2 Å². The van der Waals surface area contributed by atoms with E-state index in [9.17, 15) is 19.5 Å². The molecular formula is C31H38N4O7. The minimum atomic E-state index is -0.973. The number of amides is 3. The van der Waals surface area contributed by atoms with E-state index < -0.39 is 24.1 Å². The number of anilines is 2. The second kappa shape index (κ2) is 14.7. The molecule has 0 spiro atoms. The van der Waals surface area contributed by atoms with Gasteiger partial charge in [0.25, 0.3) is 0 Å². The van der Waals surface area contributed by atoms with Crippen molar-refractivity contribution in [3.63, 3.8) is 0 Å². The van der Waals surface area contributed by atoms with Gasteiger partial charge in [-0.1, -0.05) is 30.3 Å². The Hall–Kier alpha value is -4.77. The maximum Gasteiger partial charge on any atom is 0.323 e. The van der Waals surface area contributed by atoms with Gasteiger partial charge in [0.05, 0.1) is 39.5 Å². The number of carbonyl (C=O) groups excluding carboxylic acids is 2. The molecule has 0 saturated carbocycles. The molecule has 2 atom stereocenters. The summed E-state index contributed by atoms with van der Waals surface area (Å²) >= 11 is 0. The Kier molecular flexibility index (Phi) is 11.1. The number of ether oxygens (including phenoxy) is 3. The van der Waals surface area contributed by atoms with Crippen LogP contribution in [0.25, 0.3) is 0 Å². The summed E-state index contributed by atoms with van der Waals surface area (Å²) in [5, 5.41) is 18.3. The summed E-state index contributed by atoms with van der Waals surface area (Å²) in [7, 11) is 6.33. The standard InChI is InChI=1S/C31H38N4O7/c1-19-9-7-8-10-23(19)33-31(39)34-24-13-11-21(15-28(24)41-5)25(32-20(2)36)18-35(3)26(17-30(37)38)22-12-14-27(40-4)29(16-22)42-6/h7-16,25-26H,17-18H2,1-6H3,(H,32,36)(H,37,38)(H2,33,34,39). The summed E-state index contributed by atoms with van der Waals surface area (Å²) in [6, 6.07) is 16.4. The number of rotatable bonds is 13. The lowest BCUT2D eigenvalue weighted by atomic mass is 9.99. The maximum absolute atomic E-state index is 12.7. The van der Waals surface area contributed by atoms with Crippen molar-refractivity contribution in [3.8, 4) is 17.2 Å². The van der Waals surface area contributed by atoms with Gasteiger partial charge in [-0.25, -0.2) is 4.79 Å². The molecule has 0 aliphatic rings. The molecule has 42 heavy (non-hydrogen) atoms. The number of carboxylic acid groups (broad SMARTS) is 1. The minimum Gasteiger partial charge on any atom is -0.495 e. The summed E-state index contributed by atoms with van der Waals surface area (Å²) in [5.41, 5.74) is 3.48. The summed E-state index contributed by atoms with van der Waals surface area (Å²) in [4.78, 5) is 38.6. The molecule has 11 nitrogen and oxygen atoms in total. The number of urea groups is 1. The van der Waals surface area contributed by atoms with E-state index >= 15 is 0 Å². The molecule has 0 aliphatic carbocycles. The van der Waals surface area contributed by atoms with Gasteiger partial charge >= 0.3 is 12.0 Å². The Morgan fingerprint density at radius 2 is 1.45 bits per heavy atom. The SMILES string of the molecule is COc1cc(C(CN(C)C(CC(=O)O)c2ccc(OC)c(OC)c2)NC(C)=O)ccc1NC(=O)Nc1ccccc1C. The Bertz CT molecular complexity index is 1410. The smallest absolute Gasteiger partial charge is 0.323 e. The number of para-hydroxylation sites is 1. The van der Waals surface area contributed by atoms with Gasteiger partial charge in [-0.2, -0.15) is 0 Å². The molecule has 4 N–H and O–H groups in total. The molecule has 0 heterocycles. The predicted molar refractivity (Wildman–Crippen MR) is 161 cm³/mol. The fraction of sp³-hybridized carbons (Fsp3) is 0.323. The van der Waals surface area contributed by atoms with Crippen LogP contribution in [0, 0.1) is 6.92 Å². The normalized spacial score (nSPS) is 12.2. The quantitative estimate of drug-likeness (QED) is 0.223. The lowest BCUT2D eigenvalue weighted by Crippen LogP contribution is -2.37. The van der Waals surface area contributed by atoms with Crippen LogP contribution in [0.5, 0.6) is 17.2 Å². The monoisotopic (exact) mass is 578 g/mol. The summed E-state index contributed by atoms with van der Waals surface area (Å²) < 4.78 is 16.3. The van der Waals surface area contributed by atoms with Crippen molar-refractivity contribution in [1.82, 2.24) is 10.2 Å². The van der Waals surface area contributed by atoms with Crippen molar-refractivity contribution >= 4 is 29.3 Å². The Morgan fingerprint density at radius 3 is 2.07 bits per heavy atom. The van der Waals surface area contributed by atoms with Crippen molar-refractivity contribution in [2.75, 3.05) is 45.6 Å². The predicted octanol–water partition coefficient (Wildman–Crippen LogP) is 4.99. The molecule has 3 rings (SSSR count). The first-order valence-electron chi connectivity index (χ1n) is 13.3. The van der Waals surface area contributed by atoms with E-state index in [1.165, 1.54) is 28.3 Å². The number of hydrogen-bond acceptors (Lipinski definition) is 7. The van der Waals surface area contributed by atoms with Gasteiger partial charge in [-0.3, -0.25) is 14.5 Å². The molecule has 0 aromatic heterocycles. The molecule has 0 saturated heterocycles. The van der Waals surface area contributed by atoms with Gasteiger partial charge in [0.2, 0.25) is 5.91 Å². The lowest BCUT2D eigenvalue weighted by molar-refractivity contribution is -0.138. The number of carboxylic acids is 1. The molecule has 0 radical (unpaired) electrons. The Labute approximate surface area is 245 Å². The van der Waals surface area contributed by atoms with Crippen LogP contribution in [0.1, 0.15) is 42.1 Å². The molecule has 224 valence electrons. The van der Waals surface area contributed by atoms with Crippen LogP contribution in [0.4, 0.5) is 16.2 Å². The molecule has 0 aliphatic heterocycles. The summed E-state index contributed by atoms with van der Waals surface area (Å²) in [6.45, 7) is 3.59. The van der Waals surface area contributed by atoms with E-state index in [4.69, 9.17) is 14.2 Å². The van der Waals surface area contributed by atoms with Crippen molar-refractivity contribution in [2.45, 2.75) is 32.4 Å². The van der Waals surface area contributed by atoms with Crippen LogP contribution in [-0.2, 0) is 9.59 Å². The second-order valence-electron chi connectivity index (χ2n) is 9.77. The number of benzene rings is 3. The zero-order chi connectivity index (χ0) is 30.8. The number of methoxy groups -OCH3 is 3. The van der Waals surface area contributed by atoms with Gasteiger partial charge in [0, 0.05) is 25.2 Å². The largest absolute Gasteiger partial charge is 0.495 e. The van der Waals surface area contributed by atoms with Gasteiger partial charge in [0.15, 0.2) is 11.5 Å². The molecule has 3 amide bonds. The number of likely N-dealkylation sites (N-methyl/N-ethyl adjacent to an activating group) is 1.